The maximum Gasteiger partial charge on any atom is 0.212 e. The van der Waals surface area contributed by atoms with E-state index in [1.54, 1.807) is 6.92 Å². The Morgan fingerprint density at radius 1 is 1.26 bits per heavy atom. The van der Waals surface area contributed by atoms with Gasteiger partial charge in [0, 0.05) is 11.9 Å². The number of hydrogen-bond acceptors (Lipinski definition) is 2. The summed E-state index contributed by atoms with van der Waals surface area (Å²) in [7, 11) is -3.45. The van der Waals surface area contributed by atoms with Gasteiger partial charge in [-0.15, -0.1) is 11.6 Å². The van der Waals surface area contributed by atoms with Gasteiger partial charge in [-0.1, -0.05) is 6.07 Å². The Kier molecular flexibility index (Phi) is 6.16. The Hall–Kier alpha value is -0.720. The molecular formula is C12H16ClF2NO2S. The Balaban J connectivity index is 2.67. The zero-order valence-corrected chi connectivity index (χ0v) is 12.1. The molecular weight excluding hydrogens is 296 g/mol. The summed E-state index contributed by atoms with van der Waals surface area (Å²) in [5, 5.41) is 0. The number of hydrogen-bond donors (Lipinski definition) is 1. The summed E-state index contributed by atoms with van der Waals surface area (Å²) in [6.45, 7) is 1.58. The van der Waals surface area contributed by atoms with E-state index in [1.807, 2.05) is 0 Å². The predicted octanol–water partition coefficient (Wildman–Crippen LogP) is 2.96. The highest BCUT2D eigenvalue weighted by molar-refractivity contribution is 7.89. The second kappa shape index (κ2) is 7.17. The SMILES string of the molecule is CC(NS(=O)(=O)CCCCCl)c1ccc(F)c(F)c1. The Bertz CT molecular complexity index is 522. The second-order valence-corrected chi connectivity index (χ2v) is 6.48. The third-order valence-electron chi connectivity index (χ3n) is 2.60. The second-order valence-electron chi connectivity index (χ2n) is 4.23. The Morgan fingerprint density at radius 3 is 2.53 bits per heavy atom. The summed E-state index contributed by atoms with van der Waals surface area (Å²) in [4.78, 5) is 0. The Morgan fingerprint density at radius 2 is 1.95 bits per heavy atom. The normalized spacial score (nSPS) is 13.5. The molecule has 0 aliphatic heterocycles. The van der Waals surface area contributed by atoms with E-state index in [-0.39, 0.29) is 5.75 Å². The first-order chi connectivity index (χ1) is 8.85. The van der Waals surface area contributed by atoms with E-state index >= 15 is 0 Å². The zero-order chi connectivity index (χ0) is 14.5. The van der Waals surface area contributed by atoms with Gasteiger partial charge in [0.05, 0.1) is 5.75 Å². The van der Waals surface area contributed by atoms with Gasteiger partial charge >= 0.3 is 0 Å². The van der Waals surface area contributed by atoms with E-state index < -0.39 is 27.7 Å². The molecule has 0 aromatic heterocycles. The van der Waals surface area contributed by atoms with Crippen molar-refractivity contribution in [1.82, 2.24) is 4.72 Å². The van der Waals surface area contributed by atoms with Crippen LogP contribution in [-0.4, -0.2) is 20.1 Å². The van der Waals surface area contributed by atoms with Crippen LogP contribution in [0.2, 0.25) is 0 Å². The average molecular weight is 312 g/mol. The molecule has 108 valence electrons. The van der Waals surface area contributed by atoms with Gasteiger partial charge in [0.15, 0.2) is 11.6 Å². The molecule has 1 rings (SSSR count). The van der Waals surface area contributed by atoms with Crippen LogP contribution in [0, 0.1) is 11.6 Å². The number of benzene rings is 1. The smallest absolute Gasteiger partial charge is 0.212 e. The fraction of sp³-hybridized carbons (Fsp3) is 0.500. The quantitative estimate of drug-likeness (QED) is 0.621. The topological polar surface area (TPSA) is 46.2 Å². The van der Waals surface area contributed by atoms with Crippen LogP contribution in [0.5, 0.6) is 0 Å². The third-order valence-corrected chi connectivity index (χ3v) is 4.40. The molecule has 0 heterocycles. The van der Waals surface area contributed by atoms with Gasteiger partial charge in [0.25, 0.3) is 0 Å². The average Bonchev–Trinajstić information content (AvgIpc) is 2.32. The summed E-state index contributed by atoms with van der Waals surface area (Å²) in [6.07, 6.45) is 1.07. The first-order valence-electron chi connectivity index (χ1n) is 5.86. The standard InChI is InChI=1S/C12H16ClF2NO2S/c1-9(10-4-5-11(14)12(15)8-10)16-19(17,18)7-3-2-6-13/h4-5,8-9,16H,2-3,6-7H2,1H3. The summed E-state index contributed by atoms with van der Waals surface area (Å²) in [6, 6.07) is 2.70. The molecule has 0 aliphatic carbocycles. The number of unbranched alkanes of at least 4 members (excludes halogenated alkanes) is 1. The van der Waals surface area contributed by atoms with Gasteiger partial charge in [0.1, 0.15) is 0 Å². The molecule has 0 radical (unpaired) electrons. The first-order valence-corrected chi connectivity index (χ1v) is 8.05. The maximum atomic E-state index is 13.1. The molecule has 0 fully saturated rings. The van der Waals surface area contributed by atoms with Crippen molar-refractivity contribution in [2.45, 2.75) is 25.8 Å². The van der Waals surface area contributed by atoms with Gasteiger partial charge < -0.3 is 0 Å². The minimum atomic E-state index is -3.45. The maximum absolute atomic E-state index is 13.1. The zero-order valence-electron chi connectivity index (χ0n) is 10.5. The fourth-order valence-corrected chi connectivity index (χ4v) is 3.13. The highest BCUT2D eigenvalue weighted by atomic mass is 35.5. The molecule has 0 spiro atoms. The highest BCUT2D eigenvalue weighted by Crippen LogP contribution is 2.17. The van der Waals surface area contributed by atoms with Crippen LogP contribution in [0.25, 0.3) is 0 Å². The van der Waals surface area contributed by atoms with E-state index in [9.17, 15) is 17.2 Å². The van der Waals surface area contributed by atoms with Crippen LogP contribution in [0.3, 0.4) is 0 Å². The lowest BCUT2D eigenvalue weighted by Crippen LogP contribution is -2.29. The molecule has 7 heteroatoms. The summed E-state index contributed by atoms with van der Waals surface area (Å²) in [5.41, 5.74) is 0.375. The van der Waals surface area contributed by atoms with E-state index in [2.05, 4.69) is 4.72 Å². The number of halogens is 3. The lowest BCUT2D eigenvalue weighted by atomic mass is 10.1. The number of nitrogens with one attached hydrogen (secondary N) is 1. The van der Waals surface area contributed by atoms with Gasteiger partial charge in [0.2, 0.25) is 10.0 Å². The van der Waals surface area contributed by atoms with Crippen LogP contribution in [-0.2, 0) is 10.0 Å². The Labute approximate surface area is 117 Å². The van der Waals surface area contributed by atoms with Crippen molar-refractivity contribution in [2.75, 3.05) is 11.6 Å². The largest absolute Gasteiger partial charge is 0.212 e. The summed E-state index contributed by atoms with van der Waals surface area (Å²) >= 11 is 5.47. The molecule has 19 heavy (non-hydrogen) atoms. The molecule has 0 bridgehead atoms. The van der Waals surface area contributed by atoms with Crippen LogP contribution in [0.4, 0.5) is 8.78 Å². The highest BCUT2D eigenvalue weighted by Gasteiger charge is 2.16. The van der Waals surface area contributed by atoms with Crippen molar-refractivity contribution in [2.24, 2.45) is 0 Å². The van der Waals surface area contributed by atoms with Crippen molar-refractivity contribution in [3.8, 4) is 0 Å². The summed E-state index contributed by atoms with van der Waals surface area (Å²) < 4.78 is 51.7. The van der Waals surface area contributed by atoms with Gasteiger partial charge in [-0.2, -0.15) is 0 Å². The van der Waals surface area contributed by atoms with Crippen molar-refractivity contribution < 1.29 is 17.2 Å². The van der Waals surface area contributed by atoms with Gasteiger partial charge in [-0.05, 0) is 37.5 Å². The lowest BCUT2D eigenvalue weighted by Gasteiger charge is -2.14. The molecule has 0 saturated carbocycles. The van der Waals surface area contributed by atoms with Crippen molar-refractivity contribution in [3.63, 3.8) is 0 Å². The van der Waals surface area contributed by atoms with Crippen molar-refractivity contribution in [1.29, 1.82) is 0 Å². The van der Waals surface area contributed by atoms with Crippen LogP contribution >= 0.6 is 11.6 Å². The van der Waals surface area contributed by atoms with E-state index in [0.717, 1.165) is 12.1 Å². The number of rotatable bonds is 7. The van der Waals surface area contributed by atoms with E-state index in [0.29, 0.717) is 24.3 Å². The molecule has 1 aromatic rings. The van der Waals surface area contributed by atoms with Crippen LogP contribution in [0.15, 0.2) is 18.2 Å². The summed E-state index contributed by atoms with van der Waals surface area (Å²) in [5.74, 6) is -1.58. The predicted molar refractivity (Wildman–Crippen MR) is 71.6 cm³/mol. The fourth-order valence-electron chi connectivity index (χ4n) is 1.56. The molecule has 1 unspecified atom stereocenters. The van der Waals surface area contributed by atoms with Crippen molar-refractivity contribution >= 4 is 21.6 Å². The minimum Gasteiger partial charge on any atom is -0.212 e. The molecule has 1 aromatic carbocycles. The monoisotopic (exact) mass is 311 g/mol. The van der Waals surface area contributed by atoms with E-state index in [4.69, 9.17) is 11.6 Å². The van der Waals surface area contributed by atoms with Gasteiger partial charge in [-0.3, -0.25) is 0 Å². The molecule has 1 atom stereocenters. The first kappa shape index (κ1) is 16.3. The third kappa shape index (κ3) is 5.42. The van der Waals surface area contributed by atoms with Crippen LogP contribution < -0.4 is 4.72 Å². The van der Waals surface area contributed by atoms with Crippen LogP contribution in [0.1, 0.15) is 31.4 Å². The molecule has 0 amide bonds. The van der Waals surface area contributed by atoms with Crippen molar-refractivity contribution in [3.05, 3.63) is 35.4 Å². The van der Waals surface area contributed by atoms with E-state index in [1.165, 1.54) is 6.07 Å². The molecule has 1 N–H and O–H groups in total. The van der Waals surface area contributed by atoms with Gasteiger partial charge in [-0.25, -0.2) is 21.9 Å². The molecule has 0 aliphatic rings. The molecule has 3 nitrogen and oxygen atoms in total. The molecule has 0 saturated heterocycles. The lowest BCUT2D eigenvalue weighted by molar-refractivity contribution is 0.504. The number of sulfonamides is 1. The number of alkyl halides is 1. The minimum absolute atomic E-state index is 0.0340.